The Morgan fingerprint density at radius 2 is 1.89 bits per heavy atom. The summed E-state index contributed by atoms with van der Waals surface area (Å²) >= 11 is 0. The molecule has 9 nitrogen and oxygen atoms in total. The summed E-state index contributed by atoms with van der Waals surface area (Å²) in [6, 6.07) is 3.54. The fourth-order valence-corrected chi connectivity index (χ4v) is 2.52. The molecule has 0 saturated heterocycles. The van der Waals surface area contributed by atoms with Gasteiger partial charge in [0, 0.05) is 38.7 Å². The van der Waals surface area contributed by atoms with Crippen LogP contribution in [-0.4, -0.2) is 63.4 Å². The first-order chi connectivity index (χ1) is 12.9. The Morgan fingerprint density at radius 3 is 2.52 bits per heavy atom. The summed E-state index contributed by atoms with van der Waals surface area (Å²) in [6.07, 6.45) is 0.268. The number of ether oxygens (including phenoxy) is 3. The molecule has 27 heavy (non-hydrogen) atoms. The van der Waals surface area contributed by atoms with E-state index in [2.05, 4.69) is 15.3 Å². The average molecular weight is 377 g/mol. The third kappa shape index (κ3) is 4.88. The maximum absolute atomic E-state index is 11.7. The topological polar surface area (TPSA) is 112 Å². The molecule has 2 rings (SSSR count). The summed E-state index contributed by atoms with van der Waals surface area (Å²) in [5, 5.41) is 3.52. The first-order valence-corrected chi connectivity index (χ1v) is 8.62. The van der Waals surface area contributed by atoms with Crippen molar-refractivity contribution in [3.05, 3.63) is 12.1 Å². The minimum absolute atomic E-state index is 0.132. The second kappa shape index (κ2) is 9.22. The summed E-state index contributed by atoms with van der Waals surface area (Å²) in [5.41, 5.74) is 6.78. The predicted octanol–water partition coefficient (Wildman–Crippen LogP) is 1.21. The molecule has 0 aliphatic rings. The standard InChI is InChI=1S/C18H27N5O4/c1-11(25-3)17(24)20-7-6-8-23(2)18-21-13-10-15(27-5)14(26-4)9-12(13)16(19)22-18/h9-11H,6-8H2,1-5H3,(H,20,24)(H2,19,21,22). The molecular weight excluding hydrogens is 350 g/mol. The van der Waals surface area contributed by atoms with Gasteiger partial charge in [0.05, 0.1) is 19.7 Å². The molecule has 2 aromatic rings. The number of aromatic nitrogens is 2. The number of carbonyl (C=O) groups excluding carboxylic acids is 1. The Kier molecular flexibility index (Phi) is 7.00. The van der Waals surface area contributed by atoms with Crippen molar-refractivity contribution in [3.63, 3.8) is 0 Å². The van der Waals surface area contributed by atoms with Crippen molar-refractivity contribution >= 4 is 28.6 Å². The van der Waals surface area contributed by atoms with E-state index in [0.29, 0.717) is 47.3 Å². The number of carbonyl (C=O) groups is 1. The van der Waals surface area contributed by atoms with Crippen molar-refractivity contribution in [3.8, 4) is 11.5 Å². The van der Waals surface area contributed by atoms with Gasteiger partial charge in [0.25, 0.3) is 0 Å². The van der Waals surface area contributed by atoms with Crippen molar-refractivity contribution < 1.29 is 19.0 Å². The number of benzene rings is 1. The number of rotatable bonds is 9. The van der Waals surface area contributed by atoms with Crippen molar-refractivity contribution in [1.29, 1.82) is 0 Å². The van der Waals surface area contributed by atoms with Crippen LogP contribution in [0, 0.1) is 0 Å². The van der Waals surface area contributed by atoms with E-state index in [1.165, 1.54) is 7.11 Å². The van der Waals surface area contributed by atoms with Crippen LogP contribution in [0.1, 0.15) is 13.3 Å². The van der Waals surface area contributed by atoms with E-state index >= 15 is 0 Å². The van der Waals surface area contributed by atoms with Crippen LogP contribution in [0.5, 0.6) is 11.5 Å². The second-order valence-corrected chi connectivity index (χ2v) is 6.08. The molecule has 9 heteroatoms. The zero-order valence-electron chi connectivity index (χ0n) is 16.4. The molecule has 3 N–H and O–H groups in total. The fourth-order valence-electron chi connectivity index (χ4n) is 2.52. The molecule has 0 aliphatic carbocycles. The Hall–Kier alpha value is -2.81. The molecule has 1 atom stereocenters. The largest absolute Gasteiger partial charge is 0.493 e. The number of amides is 1. The van der Waals surface area contributed by atoms with E-state index in [1.54, 1.807) is 33.3 Å². The molecule has 0 saturated carbocycles. The predicted molar refractivity (Wildman–Crippen MR) is 104 cm³/mol. The average Bonchev–Trinajstić information content (AvgIpc) is 2.68. The molecule has 1 unspecified atom stereocenters. The van der Waals surface area contributed by atoms with Crippen LogP contribution < -0.4 is 25.4 Å². The highest BCUT2D eigenvalue weighted by Gasteiger charge is 2.14. The van der Waals surface area contributed by atoms with Crippen molar-refractivity contribution in [2.75, 3.05) is 52.1 Å². The number of anilines is 2. The summed E-state index contributed by atoms with van der Waals surface area (Å²) in [5.74, 6) is 1.88. The van der Waals surface area contributed by atoms with Crippen LogP contribution in [0.3, 0.4) is 0 Å². The van der Waals surface area contributed by atoms with Gasteiger partial charge in [-0.1, -0.05) is 0 Å². The molecule has 148 valence electrons. The number of methoxy groups -OCH3 is 3. The molecule has 0 radical (unpaired) electrons. The van der Waals surface area contributed by atoms with Crippen LogP contribution in [-0.2, 0) is 9.53 Å². The molecule has 0 fully saturated rings. The van der Waals surface area contributed by atoms with Crippen LogP contribution in [0.2, 0.25) is 0 Å². The summed E-state index contributed by atoms with van der Waals surface area (Å²) in [7, 11) is 6.51. The summed E-state index contributed by atoms with van der Waals surface area (Å²) in [6.45, 7) is 2.89. The second-order valence-electron chi connectivity index (χ2n) is 6.08. The molecular formula is C18H27N5O4. The number of nitrogens with one attached hydrogen (secondary N) is 1. The first kappa shape index (κ1) is 20.5. The lowest BCUT2D eigenvalue weighted by atomic mass is 10.2. The van der Waals surface area contributed by atoms with Crippen LogP contribution in [0.25, 0.3) is 10.9 Å². The van der Waals surface area contributed by atoms with Gasteiger partial charge < -0.3 is 30.2 Å². The monoisotopic (exact) mass is 377 g/mol. The molecule has 1 aromatic carbocycles. The maximum atomic E-state index is 11.7. The molecule has 0 aliphatic heterocycles. The van der Waals surface area contributed by atoms with Crippen molar-refractivity contribution in [2.45, 2.75) is 19.4 Å². The normalized spacial score (nSPS) is 11.9. The van der Waals surface area contributed by atoms with Gasteiger partial charge in [-0.2, -0.15) is 4.98 Å². The van der Waals surface area contributed by atoms with Crippen LogP contribution >= 0.6 is 0 Å². The lowest BCUT2D eigenvalue weighted by Crippen LogP contribution is -2.35. The van der Waals surface area contributed by atoms with Crippen LogP contribution in [0.4, 0.5) is 11.8 Å². The van der Waals surface area contributed by atoms with Gasteiger partial charge in [0.2, 0.25) is 11.9 Å². The zero-order valence-corrected chi connectivity index (χ0v) is 16.4. The van der Waals surface area contributed by atoms with Gasteiger partial charge in [-0.05, 0) is 19.4 Å². The number of fused-ring (bicyclic) bond motifs is 1. The SMILES string of the molecule is COc1cc2nc(N(C)CCCNC(=O)C(C)OC)nc(N)c2cc1OC. The number of hydrogen-bond donors (Lipinski definition) is 2. The zero-order chi connectivity index (χ0) is 20.0. The lowest BCUT2D eigenvalue weighted by Gasteiger charge is -2.19. The Morgan fingerprint density at radius 1 is 1.22 bits per heavy atom. The lowest BCUT2D eigenvalue weighted by molar-refractivity contribution is -0.130. The smallest absolute Gasteiger partial charge is 0.248 e. The summed E-state index contributed by atoms with van der Waals surface area (Å²) in [4.78, 5) is 22.5. The molecule has 1 amide bonds. The van der Waals surface area contributed by atoms with Gasteiger partial charge in [0.1, 0.15) is 11.9 Å². The Balaban J connectivity index is 2.08. The van der Waals surface area contributed by atoms with E-state index < -0.39 is 6.10 Å². The Bertz CT molecular complexity index is 799. The van der Waals surface area contributed by atoms with E-state index in [9.17, 15) is 4.79 Å². The highest BCUT2D eigenvalue weighted by molar-refractivity contribution is 5.91. The van der Waals surface area contributed by atoms with Gasteiger partial charge in [-0.15, -0.1) is 0 Å². The highest BCUT2D eigenvalue weighted by atomic mass is 16.5. The van der Waals surface area contributed by atoms with Crippen molar-refractivity contribution in [2.24, 2.45) is 0 Å². The maximum Gasteiger partial charge on any atom is 0.248 e. The fraction of sp³-hybridized carbons (Fsp3) is 0.500. The third-order valence-corrected chi connectivity index (χ3v) is 4.25. The minimum atomic E-state index is -0.460. The van der Waals surface area contributed by atoms with E-state index in [4.69, 9.17) is 19.9 Å². The number of nitrogen functional groups attached to an aromatic ring is 1. The van der Waals surface area contributed by atoms with Gasteiger partial charge >= 0.3 is 0 Å². The molecule has 0 bridgehead atoms. The third-order valence-electron chi connectivity index (χ3n) is 4.25. The van der Waals surface area contributed by atoms with E-state index in [0.717, 1.165) is 6.42 Å². The quantitative estimate of drug-likeness (QED) is 0.627. The molecule has 1 aromatic heterocycles. The molecule has 1 heterocycles. The minimum Gasteiger partial charge on any atom is -0.493 e. The summed E-state index contributed by atoms with van der Waals surface area (Å²) < 4.78 is 15.6. The molecule has 0 spiro atoms. The Labute approximate surface area is 158 Å². The van der Waals surface area contributed by atoms with E-state index in [1.807, 2.05) is 11.9 Å². The van der Waals surface area contributed by atoms with Gasteiger partial charge in [-0.3, -0.25) is 4.79 Å². The highest BCUT2D eigenvalue weighted by Crippen LogP contribution is 2.33. The first-order valence-electron chi connectivity index (χ1n) is 8.62. The number of hydrogen-bond acceptors (Lipinski definition) is 8. The van der Waals surface area contributed by atoms with Crippen LogP contribution in [0.15, 0.2) is 12.1 Å². The number of nitrogens with two attached hydrogens (primary N) is 1. The van der Waals surface area contributed by atoms with E-state index in [-0.39, 0.29) is 5.91 Å². The number of nitrogens with zero attached hydrogens (tertiary/aromatic N) is 3. The van der Waals surface area contributed by atoms with Crippen molar-refractivity contribution in [1.82, 2.24) is 15.3 Å². The van der Waals surface area contributed by atoms with Gasteiger partial charge in [-0.25, -0.2) is 4.98 Å². The van der Waals surface area contributed by atoms with Gasteiger partial charge in [0.15, 0.2) is 11.5 Å².